The largest absolute Gasteiger partial charge is 0.481 e. The Hall–Kier alpha value is -1.99. The van der Waals surface area contributed by atoms with Crippen molar-refractivity contribution < 1.29 is 34.2 Å². The summed E-state index contributed by atoms with van der Waals surface area (Å²) in [6.07, 6.45) is 1.85. The second-order valence-corrected chi connectivity index (χ2v) is 8.35. The van der Waals surface area contributed by atoms with E-state index in [0.717, 1.165) is 0 Å². The lowest BCUT2D eigenvalue weighted by Crippen LogP contribution is -2.58. The van der Waals surface area contributed by atoms with E-state index >= 15 is 0 Å². The maximum Gasteiger partial charge on any atom is 0.326 e. The second-order valence-electron chi connectivity index (χ2n) is 6.99. The first kappa shape index (κ1) is 29.0. The number of rotatable bonds is 15. The molecule has 5 atom stereocenters. The molecule has 0 aromatic carbocycles. The van der Waals surface area contributed by atoms with Gasteiger partial charge in [-0.05, 0) is 24.3 Å². The van der Waals surface area contributed by atoms with Crippen molar-refractivity contribution in [3.05, 3.63) is 0 Å². The molecule has 0 bridgehead atoms. The molecule has 3 amide bonds. The Labute approximate surface area is 191 Å². The van der Waals surface area contributed by atoms with Gasteiger partial charge in [0.25, 0.3) is 0 Å². The van der Waals surface area contributed by atoms with Gasteiger partial charge in [0.2, 0.25) is 17.7 Å². The van der Waals surface area contributed by atoms with Gasteiger partial charge in [-0.15, -0.1) is 0 Å². The second kappa shape index (κ2) is 14.9. The molecule has 0 radical (unpaired) electrons. The molecule has 0 saturated carbocycles. The van der Waals surface area contributed by atoms with E-state index in [2.05, 4.69) is 28.6 Å². The fraction of sp³-hybridized carbons (Fsp3) is 0.722. The van der Waals surface area contributed by atoms with Gasteiger partial charge in [0.15, 0.2) is 0 Å². The summed E-state index contributed by atoms with van der Waals surface area (Å²) in [7, 11) is 0. The van der Waals surface area contributed by atoms with Crippen molar-refractivity contribution >= 4 is 54.1 Å². The number of amides is 3. The van der Waals surface area contributed by atoms with Crippen molar-refractivity contribution in [2.75, 3.05) is 17.8 Å². The van der Waals surface area contributed by atoms with Gasteiger partial charge in [-0.25, -0.2) is 4.79 Å². The third kappa shape index (κ3) is 10.7. The van der Waals surface area contributed by atoms with Crippen molar-refractivity contribution in [2.24, 2.45) is 11.7 Å². The summed E-state index contributed by atoms with van der Waals surface area (Å²) < 4.78 is 0. The van der Waals surface area contributed by atoms with Crippen LogP contribution in [0.3, 0.4) is 0 Å². The molecular formula is C18H32N4O7S2. The summed E-state index contributed by atoms with van der Waals surface area (Å²) in [6.45, 7) is 3.58. The van der Waals surface area contributed by atoms with Crippen molar-refractivity contribution in [2.45, 2.75) is 57.3 Å². The van der Waals surface area contributed by atoms with E-state index in [9.17, 15) is 29.1 Å². The van der Waals surface area contributed by atoms with Gasteiger partial charge < -0.3 is 31.9 Å². The number of hydrogen-bond acceptors (Lipinski definition) is 8. The van der Waals surface area contributed by atoms with Crippen LogP contribution in [0, 0.1) is 5.92 Å². The summed E-state index contributed by atoms with van der Waals surface area (Å²) in [4.78, 5) is 59.7. The van der Waals surface area contributed by atoms with E-state index < -0.39 is 60.2 Å². The molecule has 0 heterocycles. The highest BCUT2D eigenvalue weighted by molar-refractivity contribution is 7.98. The summed E-state index contributed by atoms with van der Waals surface area (Å²) in [5.74, 6) is -4.82. The van der Waals surface area contributed by atoms with Crippen LogP contribution in [0.5, 0.6) is 0 Å². The predicted octanol–water partition coefficient (Wildman–Crippen LogP) is -0.944. The SMILES string of the molecule is CCC(C)C(N)C(=O)NC(CC(=O)O)C(=O)NC(CS)C(=O)NC(CCSC)C(=O)O. The van der Waals surface area contributed by atoms with Crippen LogP contribution in [0.1, 0.15) is 33.1 Å². The number of nitrogens with two attached hydrogens (primary N) is 1. The first-order valence-corrected chi connectivity index (χ1v) is 11.7. The van der Waals surface area contributed by atoms with Gasteiger partial charge in [-0.3, -0.25) is 19.2 Å². The molecule has 7 N–H and O–H groups in total. The monoisotopic (exact) mass is 480 g/mol. The molecular weight excluding hydrogens is 448 g/mol. The highest BCUT2D eigenvalue weighted by Gasteiger charge is 2.31. The smallest absolute Gasteiger partial charge is 0.326 e. The Bertz CT molecular complexity index is 650. The fourth-order valence-corrected chi connectivity index (χ4v) is 3.12. The van der Waals surface area contributed by atoms with Gasteiger partial charge >= 0.3 is 11.9 Å². The van der Waals surface area contributed by atoms with Gasteiger partial charge in [0.1, 0.15) is 18.1 Å². The maximum absolute atomic E-state index is 12.6. The minimum absolute atomic E-state index is 0.174. The number of hydrogen-bond donors (Lipinski definition) is 7. The van der Waals surface area contributed by atoms with E-state index in [4.69, 9.17) is 10.8 Å². The molecule has 13 heteroatoms. The summed E-state index contributed by atoms with van der Waals surface area (Å²) in [6, 6.07) is -4.79. The Balaban J connectivity index is 5.25. The zero-order valence-corrected chi connectivity index (χ0v) is 19.5. The van der Waals surface area contributed by atoms with E-state index in [1.54, 1.807) is 13.2 Å². The van der Waals surface area contributed by atoms with E-state index in [1.165, 1.54) is 11.8 Å². The number of carbonyl (C=O) groups excluding carboxylic acids is 3. The van der Waals surface area contributed by atoms with E-state index in [0.29, 0.717) is 12.2 Å². The Morgan fingerprint density at radius 2 is 1.48 bits per heavy atom. The lowest BCUT2D eigenvalue weighted by atomic mass is 9.99. The Kier molecular flexibility index (Phi) is 14.0. The average Bonchev–Trinajstić information content (AvgIpc) is 2.72. The summed E-state index contributed by atoms with van der Waals surface area (Å²) >= 11 is 5.42. The standard InChI is InChI=1S/C18H32N4O7S2/c1-4-9(2)14(19)17(27)21-11(7-13(23)24)15(25)22-12(8-30)16(26)20-10(18(28)29)5-6-31-3/h9-12,14,30H,4-8,19H2,1-3H3,(H,20,26)(H,21,27)(H,22,25)(H,23,24)(H,28,29). The molecule has 0 rings (SSSR count). The molecule has 0 saturated heterocycles. The number of thioether (sulfide) groups is 1. The van der Waals surface area contributed by atoms with E-state index in [1.807, 2.05) is 6.92 Å². The number of nitrogens with one attached hydrogen (secondary N) is 3. The van der Waals surface area contributed by atoms with Crippen molar-refractivity contribution in [1.29, 1.82) is 0 Å². The van der Waals surface area contributed by atoms with Gasteiger partial charge in [-0.2, -0.15) is 24.4 Å². The highest BCUT2D eigenvalue weighted by atomic mass is 32.2. The predicted molar refractivity (Wildman–Crippen MR) is 120 cm³/mol. The van der Waals surface area contributed by atoms with Crippen LogP contribution in [-0.4, -0.2) is 81.8 Å². The first-order chi connectivity index (χ1) is 14.5. The molecule has 0 aliphatic rings. The van der Waals surface area contributed by atoms with Crippen LogP contribution in [0.2, 0.25) is 0 Å². The normalized spacial score (nSPS) is 15.6. The fourth-order valence-electron chi connectivity index (χ4n) is 2.40. The molecule has 0 fully saturated rings. The molecule has 178 valence electrons. The molecule has 0 aromatic heterocycles. The molecule has 0 aliphatic carbocycles. The van der Waals surface area contributed by atoms with Crippen molar-refractivity contribution in [3.63, 3.8) is 0 Å². The molecule has 0 aliphatic heterocycles. The number of thiol groups is 1. The van der Waals surface area contributed by atoms with Crippen LogP contribution in [0.4, 0.5) is 0 Å². The highest BCUT2D eigenvalue weighted by Crippen LogP contribution is 2.07. The van der Waals surface area contributed by atoms with Crippen LogP contribution in [0.25, 0.3) is 0 Å². The van der Waals surface area contributed by atoms with Crippen molar-refractivity contribution in [3.8, 4) is 0 Å². The van der Waals surface area contributed by atoms with Gasteiger partial charge in [-0.1, -0.05) is 20.3 Å². The molecule has 31 heavy (non-hydrogen) atoms. The third-order valence-electron chi connectivity index (χ3n) is 4.61. The topological polar surface area (TPSA) is 188 Å². The number of aliphatic carboxylic acids is 2. The molecule has 0 aromatic rings. The van der Waals surface area contributed by atoms with Crippen LogP contribution in [-0.2, 0) is 24.0 Å². The summed E-state index contributed by atoms with van der Waals surface area (Å²) in [5, 5.41) is 25.3. The van der Waals surface area contributed by atoms with E-state index in [-0.39, 0.29) is 18.1 Å². The zero-order chi connectivity index (χ0) is 24.1. The van der Waals surface area contributed by atoms with Gasteiger partial charge in [0, 0.05) is 5.75 Å². The van der Waals surface area contributed by atoms with Crippen molar-refractivity contribution in [1.82, 2.24) is 16.0 Å². The quantitative estimate of drug-likeness (QED) is 0.145. The maximum atomic E-state index is 12.6. The number of carboxylic acids is 2. The summed E-state index contributed by atoms with van der Waals surface area (Å²) in [5.41, 5.74) is 5.82. The minimum Gasteiger partial charge on any atom is -0.481 e. The average molecular weight is 481 g/mol. The number of carboxylic acid groups (broad SMARTS) is 2. The first-order valence-electron chi connectivity index (χ1n) is 9.69. The van der Waals surface area contributed by atoms with Crippen LogP contribution < -0.4 is 21.7 Å². The lowest BCUT2D eigenvalue weighted by molar-refractivity contribution is -0.143. The molecule has 11 nitrogen and oxygen atoms in total. The molecule has 0 spiro atoms. The third-order valence-corrected chi connectivity index (χ3v) is 5.62. The molecule has 5 unspecified atom stereocenters. The Morgan fingerprint density at radius 1 is 0.968 bits per heavy atom. The number of carbonyl (C=O) groups is 5. The zero-order valence-electron chi connectivity index (χ0n) is 17.8. The van der Waals surface area contributed by atoms with Crippen LogP contribution >= 0.6 is 24.4 Å². The van der Waals surface area contributed by atoms with Crippen LogP contribution in [0.15, 0.2) is 0 Å². The Morgan fingerprint density at radius 3 is 1.94 bits per heavy atom. The minimum atomic E-state index is -1.47. The van der Waals surface area contributed by atoms with Gasteiger partial charge in [0.05, 0.1) is 12.5 Å². The lowest BCUT2D eigenvalue weighted by Gasteiger charge is -2.24.